The van der Waals surface area contributed by atoms with Crippen molar-refractivity contribution in [3.05, 3.63) is 65.0 Å². The Morgan fingerprint density at radius 1 is 0.912 bits per heavy atom. The van der Waals surface area contributed by atoms with Crippen LogP contribution >= 0.6 is 0 Å². The minimum absolute atomic E-state index is 0.0526. The van der Waals surface area contributed by atoms with Crippen molar-refractivity contribution in [2.24, 2.45) is 5.92 Å². The van der Waals surface area contributed by atoms with Crippen molar-refractivity contribution in [3.8, 4) is 0 Å². The number of nitrogens with zero attached hydrogens (tertiary/aromatic N) is 2. The van der Waals surface area contributed by atoms with Gasteiger partial charge >= 0.3 is 5.97 Å². The lowest BCUT2D eigenvalue weighted by atomic mass is 9.67. The fraction of sp³-hybridized carbons (Fsp3) is 0.400. The van der Waals surface area contributed by atoms with E-state index in [0.29, 0.717) is 30.2 Å². The standard InChI is InChI=1S/C25H23F3N2O4/c26-14-1-5-21-19(12-14)24(29(17-2-3-17)22(31)7-8-23(32)33)18-4-6-20(18)30(21)25(34)13-9-15(27)11-16(28)10-13/h1,5,9-12,17-18,20,24H,2-4,6-8H2,(H,32,33)/t18-,20+,24+/m0/s1. The minimum Gasteiger partial charge on any atom is -0.481 e. The summed E-state index contributed by atoms with van der Waals surface area (Å²) in [6, 6.07) is 5.75. The largest absolute Gasteiger partial charge is 0.481 e. The number of carboxylic acids is 1. The van der Waals surface area contributed by atoms with E-state index in [1.807, 2.05) is 0 Å². The van der Waals surface area contributed by atoms with Crippen LogP contribution in [0.5, 0.6) is 0 Å². The molecule has 2 aromatic rings. The first-order chi connectivity index (χ1) is 16.2. The van der Waals surface area contributed by atoms with Crippen molar-refractivity contribution in [2.45, 2.75) is 56.7 Å². The quantitative estimate of drug-likeness (QED) is 0.675. The molecule has 0 aromatic heterocycles. The molecular formula is C25H23F3N2O4. The number of rotatable bonds is 6. The molecule has 0 saturated heterocycles. The van der Waals surface area contributed by atoms with Crippen LogP contribution in [-0.4, -0.2) is 39.9 Å². The van der Waals surface area contributed by atoms with Crippen LogP contribution in [0.3, 0.4) is 0 Å². The molecule has 2 aliphatic carbocycles. The average molecular weight is 472 g/mol. The number of benzene rings is 2. The summed E-state index contributed by atoms with van der Waals surface area (Å²) in [6.07, 6.45) is 2.42. The van der Waals surface area contributed by atoms with E-state index >= 15 is 0 Å². The molecule has 0 spiro atoms. The number of carboxylic acid groups (broad SMARTS) is 1. The van der Waals surface area contributed by atoms with E-state index in [0.717, 1.165) is 25.0 Å². The predicted octanol–water partition coefficient (Wildman–Crippen LogP) is 4.44. The first kappa shape index (κ1) is 22.4. The Morgan fingerprint density at radius 2 is 1.62 bits per heavy atom. The highest BCUT2D eigenvalue weighted by molar-refractivity contribution is 6.07. The van der Waals surface area contributed by atoms with E-state index in [-0.39, 0.29) is 42.3 Å². The lowest BCUT2D eigenvalue weighted by Crippen LogP contribution is -2.59. The van der Waals surface area contributed by atoms with E-state index in [1.54, 1.807) is 4.90 Å². The second kappa shape index (κ2) is 8.45. The van der Waals surface area contributed by atoms with Crippen molar-refractivity contribution in [1.29, 1.82) is 0 Å². The van der Waals surface area contributed by atoms with Crippen molar-refractivity contribution >= 4 is 23.5 Å². The molecule has 34 heavy (non-hydrogen) atoms. The molecular weight excluding hydrogens is 449 g/mol. The van der Waals surface area contributed by atoms with Crippen molar-refractivity contribution in [1.82, 2.24) is 4.90 Å². The molecule has 1 aliphatic heterocycles. The third-order valence-electron chi connectivity index (χ3n) is 7.00. The summed E-state index contributed by atoms with van der Waals surface area (Å²) in [6.45, 7) is 0. The summed E-state index contributed by atoms with van der Waals surface area (Å²) in [5.74, 6) is -4.42. The number of aliphatic carboxylic acids is 1. The summed E-state index contributed by atoms with van der Waals surface area (Å²) in [4.78, 5) is 40.8. The van der Waals surface area contributed by atoms with Crippen LogP contribution in [0, 0.1) is 23.4 Å². The zero-order chi connectivity index (χ0) is 24.1. The topological polar surface area (TPSA) is 77.9 Å². The number of fused-ring (bicyclic) bond motifs is 2. The number of hydrogen-bond donors (Lipinski definition) is 1. The van der Waals surface area contributed by atoms with Gasteiger partial charge < -0.3 is 14.9 Å². The van der Waals surface area contributed by atoms with E-state index in [4.69, 9.17) is 5.11 Å². The van der Waals surface area contributed by atoms with E-state index in [9.17, 15) is 27.6 Å². The highest BCUT2D eigenvalue weighted by Gasteiger charge is 2.53. The fourth-order valence-electron chi connectivity index (χ4n) is 5.30. The van der Waals surface area contributed by atoms with Gasteiger partial charge in [-0.2, -0.15) is 0 Å². The van der Waals surface area contributed by atoms with Gasteiger partial charge in [0.1, 0.15) is 17.5 Å². The van der Waals surface area contributed by atoms with Crippen LogP contribution < -0.4 is 4.90 Å². The maximum absolute atomic E-state index is 14.4. The lowest BCUT2D eigenvalue weighted by Gasteiger charge is -2.55. The van der Waals surface area contributed by atoms with Crippen LogP contribution in [-0.2, 0) is 9.59 Å². The molecule has 5 rings (SSSR count). The van der Waals surface area contributed by atoms with Gasteiger partial charge in [-0.15, -0.1) is 0 Å². The van der Waals surface area contributed by atoms with Crippen LogP contribution in [0.4, 0.5) is 18.9 Å². The summed E-state index contributed by atoms with van der Waals surface area (Å²) in [5.41, 5.74) is 0.717. The van der Waals surface area contributed by atoms with Crippen LogP contribution in [0.25, 0.3) is 0 Å². The predicted molar refractivity (Wildman–Crippen MR) is 116 cm³/mol. The third kappa shape index (κ3) is 3.93. The SMILES string of the molecule is O=C(O)CCC(=O)N(C1CC1)[C@H]1c2cc(F)ccc2N(C(=O)c2cc(F)cc(F)c2)[C@@H]2CC[C@@H]21. The highest BCUT2D eigenvalue weighted by Crippen LogP contribution is 2.54. The second-order valence-electron chi connectivity index (χ2n) is 9.22. The fourth-order valence-corrected chi connectivity index (χ4v) is 5.30. The maximum atomic E-state index is 14.4. The first-order valence-electron chi connectivity index (χ1n) is 11.4. The van der Waals surface area contributed by atoms with Crippen LogP contribution in [0.15, 0.2) is 36.4 Å². The summed E-state index contributed by atoms with van der Waals surface area (Å²) in [7, 11) is 0. The molecule has 178 valence electrons. The zero-order valence-electron chi connectivity index (χ0n) is 18.2. The molecule has 0 unspecified atom stereocenters. The van der Waals surface area contributed by atoms with Gasteiger partial charge in [-0.1, -0.05) is 0 Å². The van der Waals surface area contributed by atoms with Gasteiger partial charge in [0.2, 0.25) is 5.91 Å². The molecule has 3 atom stereocenters. The summed E-state index contributed by atoms with van der Waals surface area (Å²) < 4.78 is 42.1. The van der Waals surface area contributed by atoms with E-state index in [1.165, 1.54) is 23.1 Å². The summed E-state index contributed by atoms with van der Waals surface area (Å²) in [5, 5.41) is 9.03. The van der Waals surface area contributed by atoms with Gasteiger partial charge in [-0.25, -0.2) is 13.2 Å². The Labute approximate surface area is 194 Å². The second-order valence-corrected chi connectivity index (χ2v) is 9.22. The number of halogens is 3. The molecule has 2 amide bonds. The number of carbonyl (C=O) groups excluding carboxylic acids is 2. The third-order valence-corrected chi connectivity index (χ3v) is 7.00. The van der Waals surface area contributed by atoms with Gasteiger partial charge in [-0.3, -0.25) is 14.4 Å². The molecule has 1 heterocycles. The summed E-state index contributed by atoms with van der Waals surface area (Å²) >= 11 is 0. The molecule has 6 nitrogen and oxygen atoms in total. The Hall–Kier alpha value is -3.36. The monoisotopic (exact) mass is 472 g/mol. The number of carbonyl (C=O) groups is 3. The smallest absolute Gasteiger partial charge is 0.303 e. The van der Waals surface area contributed by atoms with Crippen LogP contribution in [0.2, 0.25) is 0 Å². The van der Waals surface area contributed by atoms with Gasteiger partial charge in [0.05, 0.1) is 12.5 Å². The molecule has 0 bridgehead atoms. The molecule has 0 radical (unpaired) electrons. The normalized spacial score (nSPS) is 22.9. The minimum atomic E-state index is -1.07. The van der Waals surface area contributed by atoms with E-state index in [2.05, 4.69) is 0 Å². The van der Waals surface area contributed by atoms with Crippen LogP contribution in [0.1, 0.15) is 60.5 Å². The Bertz CT molecular complexity index is 1160. The Balaban J connectivity index is 1.57. The van der Waals surface area contributed by atoms with Crippen molar-refractivity contribution in [2.75, 3.05) is 4.90 Å². The number of anilines is 1. The first-order valence-corrected chi connectivity index (χ1v) is 11.4. The zero-order valence-corrected chi connectivity index (χ0v) is 18.2. The molecule has 2 saturated carbocycles. The van der Waals surface area contributed by atoms with Gasteiger partial charge in [0, 0.05) is 47.3 Å². The molecule has 1 N–H and O–H groups in total. The molecule has 3 aliphatic rings. The number of hydrogen-bond acceptors (Lipinski definition) is 3. The van der Waals surface area contributed by atoms with Gasteiger partial charge in [-0.05, 0) is 56.0 Å². The molecule has 2 aromatic carbocycles. The van der Waals surface area contributed by atoms with Gasteiger partial charge in [0.15, 0.2) is 0 Å². The molecule has 9 heteroatoms. The Kier molecular flexibility index (Phi) is 5.58. The van der Waals surface area contributed by atoms with Gasteiger partial charge in [0.25, 0.3) is 5.91 Å². The lowest BCUT2D eigenvalue weighted by molar-refractivity contribution is -0.143. The highest BCUT2D eigenvalue weighted by atomic mass is 19.1. The molecule has 2 fully saturated rings. The average Bonchev–Trinajstić information content (AvgIpc) is 3.58. The Morgan fingerprint density at radius 3 is 2.21 bits per heavy atom. The number of amides is 2. The van der Waals surface area contributed by atoms with Crippen molar-refractivity contribution in [3.63, 3.8) is 0 Å². The van der Waals surface area contributed by atoms with Crippen molar-refractivity contribution < 1.29 is 32.7 Å². The van der Waals surface area contributed by atoms with E-state index < -0.39 is 35.4 Å². The maximum Gasteiger partial charge on any atom is 0.303 e.